The molecule has 22 heavy (non-hydrogen) atoms. The van der Waals surface area contributed by atoms with Gasteiger partial charge in [0.2, 0.25) is 0 Å². The summed E-state index contributed by atoms with van der Waals surface area (Å²) >= 11 is 0. The summed E-state index contributed by atoms with van der Waals surface area (Å²) < 4.78 is 2.12. The lowest BCUT2D eigenvalue weighted by Gasteiger charge is -2.32. The molecule has 2 heterocycles. The van der Waals surface area contributed by atoms with Crippen LogP contribution in [-0.2, 0) is 0 Å². The molecule has 0 spiro atoms. The summed E-state index contributed by atoms with van der Waals surface area (Å²) in [5.74, 6) is 0.540. The third-order valence-corrected chi connectivity index (χ3v) is 4.42. The van der Waals surface area contributed by atoms with Crippen molar-refractivity contribution < 1.29 is 0 Å². The topological polar surface area (TPSA) is 21.1 Å². The average molecular weight is 295 g/mol. The highest BCUT2D eigenvalue weighted by molar-refractivity contribution is 5.54. The van der Waals surface area contributed by atoms with E-state index in [0.717, 1.165) is 5.69 Å². The van der Waals surface area contributed by atoms with E-state index in [1.165, 1.54) is 16.9 Å². The van der Waals surface area contributed by atoms with Crippen LogP contribution in [0.3, 0.4) is 0 Å². The first kappa shape index (κ1) is 14.9. The molecule has 2 atom stereocenters. The molecule has 0 amide bonds. The number of hydrogen-bond acceptors (Lipinski definition) is 2. The van der Waals surface area contributed by atoms with Gasteiger partial charge < -0.3 is 4.90 Å². The van der Waals surface area contributed by atoms with E-state index in [1.54, 1.807) is 0 Å². The van der Waals surface area contributed by atoms with Gasteiger partial charge in [-0.05, 0) is 56.5 Å². The van der Waals surface area contributed by atoms with E-state index < -0.39 is 0 Å². The molecule has 2 aromatic rings. The minimum absolute atomic E-state index is 0.158. The second-order valence-corrected chi connectivity index (χ2v) is 6.57. The van der Waals surface area contributed by atoms with E-state index in [1.807, 2.05) is 0 Å². The quantitative estimate of drug-likeness (QED) is 0.772. The molecular formula is C19H25N3. The molecule has 116 valence electrons. The highest BCUT2D eigenvalue weighted by Gasteiger charge is 2.28. The van der Waals surface area contributed by atoms with Crippen LogP contribution < -0.4 is 4.90 Å². The molecule has 1 aromatic heterocycles. The summed E-state index contributed by atoms with van der Waals surface area (Å²) in [5, 5.41) is 4.68. The van der Waals surface area contributed by atoms with Crippen LogP contribution in [0.4, 0.5) is 5.69 Å². The zero-order chi connectivity index (χ0) is 15.9. The fourth-order valence-corrected chi connectivity index (χ4v) is 3.23. The molecule has 0 aliphatic carbocycles. The van der Waals surface area contributed by atoms with Crippen molar-refractivity contribution in [1.82, 2.24) is 9.78 Å². The van der Waals surface area contributed by atoms with Crippen molar-refractivity contribution in [2.24, 2.45) is 0 Å². The number of aryl methyl sites for hydroxylation is 2. The molecule has 0 saturated heterocycles. The van der Waals surface area contributed by atoms with Crippen molar-refractivity contribution in [3.8, 4) is 0 Å². The molecule has 2 unspecified atom stereocenters. The number of hydrogen-bond donors (Lipinski definition) is 0. The average Bonchev–Trinajstić information content (AvgIpc) is 3.01. The molecule has 1 aliphatic rings. The third-order valence-electron chi connectivity index (χ3n) is 4.42. The van der Waals surface area contributed by atoms with Gasteiger partial charge in [0.25, 0.3) is 0 Å². The molecule has 3 heteroatoms. The lowest BCUT2D eigenvalue weighted by Crippen LogP contribution is -2.34. The first-order valence-corrected chi connectivity index (χ1v) is 8.06. The predicted octanol–water partition coefficient (Wildman–Crippen LogP) is 4.59. The molecule has 0 radical (unpaired) electrons. The Balaban J connectivity index is 2.00. The highest BCUT2D eigenvalue weighted by atomic mass is 15.4. The first-order valence-electron chi connectivity index (χ1n) is 8.06. The van der Waals surface area contributed by atoms with Crippen LogP contribution in [0.2, 0.25) is 0 Å². The minimum Gasteiger partial charge on any atom is -0.340 e. The number of benzene rings is 1. The Kier molecular flexibility index (Phi) is 3.81. The van der Waals surface area contributed by atoms with Crippen molar-refractivity contribution in [2.75, 3.05) is 4.90 Å². The molecule has 3 rings (SSSR count). The largest absolute Gasteiger partial charge is 0.340 e. The second kappa shape index (κ2) is 5.64. The summed E-state index contributed by atoms with van der Waals surface area (Å²) in [7, 11) is 0. The van der Waals surface area contributed by atoms with Crippen LogP contribution in [0.25, 0.3) is 0 Å². The Morgan fingerprint density at radius 2 is 1.86 bits per heavy atom. The van der Waals surface area contributed by atoms with Crippen LogP contribution in [-0.4, -0.2) is 15.8 Å². The Morgan fingerprint density at radius 3 is 2.50 bits per heavy atom. The maximum Gasteiger partial charge on any atom is 0.142 e. The summed E-state index contributed by atoms with van der Waals surface area (Å²) in [6.45, 7) is 10.9. The highest BCUT2D eigenvalue weighted by Crippen LogP contribution is 2.33. The molecule has 3 nitrogen and oxygen atoms in total. The maximum atomic E-state index is 4.68. The number of rotatable bonds is 3. The molecular weight excluding hydrogens is 270 g/mol. The van der Waals surface area contributed by atoms with Crippen molar-refractivity contribution in [2.45, 2.75) is 52.7 Å². The summed E-state index contributed by atoms with van der Waals surface area (Å²) in [5.41, 5.74) is 4.91. The van der Waals surface area contributed by atoms with Gasteiger partial charge in [-0.1, -0.05) is 32.1 Å². The van der Waals surface area contributed by atoms with E-state index in [-0.39, 0.29) is 6.17 Å². The van der Waals surface area contributed by atoms with Gasteiger partial charge >= 0.3 is 0 Å². The van der Waals surface area contributed by atoms with Gasteiger partial charge in [-0.2, -0.15) is 5.10 Å². The minimum atomic E-state index is 0.158. The fourth-order valence-electron chi connectivity index (χ4n) is 3.23. The molecule has 1 aromatic carbocycles. The van der Waals surface area contributed by atoms with Crippen molar-refractivity contribution in [3.05, 3.63) is 59.4 Å². The van der Waals surface area contributed by atoms with E-state index >= 15 is 0 Å². The third kappa shape index (κ3) is 2.56. The zero-order valence-corrected chi connectivity index (χ0v) is 14.1. The molecule has 0 N–H and O–H groups in total. The number of nitrogens with zero attached hydrogens (tertiary/aromatic N) is 3. The van der Waals surface area contributed by atoms with Gasteiger partial charge in [-0.3, -0.25) is 0 Å². The van der Waals surface area contributed by atoms with Crippen LogP contribution in [0.1, 0.15) is 49.8 Å². The van der Waals surface area contributed by atoms with Crippen molar-refractivity contribution >= 4 is 5.69 Å². The van der Waals surface area contributed by atoms with Crippen molar-refractivity contribution in [3.63, 3.8) is 0 Å². The van der Waals surface area contributed by atoms with Gasteiger partial charge in [-0.15, -0.1) is 0 Å². The van der Waals surface area contributed by atoms with E-state index in [0.29, 0.717) is 12.0 Å². The van der Waals surface area contributed by atoms with Crippen LogP contribution in [0.5, 0.6) is 0 Å². The molecule has 0 fully saturated rings. The molecule has 1 aliphatic heterocycles. The molecule has 0 bridgehead atoms. The number of aromatic nitrogens is 2. The standard InChI is InChI=1S/C19H25N3/c1-13(2)17-7-6-8-18(12-17)21-15(4)9-10-19(21)22-16(5)11-14(3)20-22/h6-13,15,19H,1-5H3. The van der Waals surface area contributed by atoms with Gasteiger partial charge in [0, 0.05) is 17.4 Å². The lowest BCUT2D eigenvalue weighted by molar-refractivity contribution is 0.499. The van der Waals surface area contributed by atoms with Gasteiger partial charge in [-0.25, -0.2) is 4.68 Å². The van der Waals surface area contributed by atoms with Crippen LogP contribution >= 0.6 is 0 Å². The first-order chi connectivity index (χ1) is 10.5. The Bertz CT molecular complexity index is 696. The Labute approximate surface area is 133 Å². The Morgan fingerprint density at radius 1 is 1.09 bits per heavy atom. The van der Waals surface area contributed by atoms with E-state index in [9.17, 15) is 0 Å². The summed E-state index contributed by atoms with van der Waals surface area (Å²) in [4.78, 5) is 2.44. The number of anilines is 1. The Hall–Kier alpha value is -2.03. The zero-order valence-electron chi connectivity index (χ0n) is 14.1. The van der Waals surface area contributed by atoms with Crippen LogP contribution in [0.15, 0.2) is 42.5 Å². The molecule has 0 saturated carbocycles. The summed E-state index contributed by atoms with van der Waals surface area (Å²) in [6, 6.07) is 11.4. The normalized spacial score (nSPS) is 21.1. The van der Waals surface area contributed by atoms with Gasteiger partial charge in [0.15, 0.2) is 0 Å². The fraction of sp³-hybridized carbons (Fsp3) is 0.421. The SMILES string of the molecule is Cc1cc(C)n(C2C=CC(C)N2c2cccc(C(C)C)c2)n1. The lowest BCUT2D eigenvalue weighted by atomic mass is 10.0. The smallest absolute Gasteiger partial charge is 0.142 e. The monoisotopic (exact) mass is 295 g/mol. The van der Waals surface area contributed by atoms with E-state index in [4.69, 9.17) is 0 Å². The van der Waals surface area contributed by atoms with Gasteiger partial charge in [0.05, 0.1) is 5.69 Å². The van der Waals surface area contributed by atoms with Gasteiger partial charge in [0.1, 0.15) is 6.17 Å². The predicted molar refractivity (Wildman–Crippen MR) is 92.4 cm³/mol. The van der Waals surface area contributed by atoms with E-state index in [2.05, 4.69) is 91.8 Å². The second-order valence-electron chi connectivity index (χ2n) is 6.57. The van der Waals surface area contributed by atoms with Crippen molar-refractivity contribution in [1.29, 1.82) is 0 Å². The maximum absolute atomic E-state index is 4.68. The summed E-state index contributed by atoms with van der Waals surface area (Å²) in [6.07, 6.45) is 4.68. The van der Waals surface area contributed by atoms with Crippen LogP contribution in [0, 0.1) is 13.8 Å².